The minimum atomic E-state index is 0.202. The Morgan fingerprint density at radius 3 is 2.15 bits per heavy atom. The highest BCUT2D eigenvalue weighted by Gasteiger charge is 2.15. The van der Waals surface area contributed by atoms with Gasteiger partial charge in [0.25, 0.3) is 0 Å². The first-order chi connectivity index (χ1) is 19.2. The predicted molar refractivity (Wildman–Crippen MR) is 169 cm³/mol. The fraction of sp³-hybridized carbons (Fsp3) is 0.355. The van der Waals surface area contributed by atoms with Crippen LogP contribution >= 0.6 is 0 Å². The molecule has 0 amide bonds. The van der Waals surface area contributed by atoms with Crippen LogP contribution in [0.25, 0.3) is 6.08 Å². The number of hydrogen-bond acceptors (Lipinski definition) is 8. The number of nitrogen functional groups attached to an aromatic ring is 1. The zero-order chi connectivity index (χ0) is 30.2. The lowest BCUT2D eigenvalue weighted by Gasteiger charge is -2.20. The van der Waals surface area contributed by atoms with Gasteiger partial charge in [-0.05, 0) is 61.0 Å². The summed E-state index contributed by atoms with van der Waals surface area (Å²) in [7, 11) is 6.88. The second-order valence-electron chi connectivity index (χ2n) is 8.36. The highest BCUT2D eigenvalue weighted by atomic mass is 16.5. The average Bonchev–Trinajstić information content (AvgIpc) is 3.29. The SMILES string of the molecule is C=C(N)/N=C1/N=C(C)N/C1=C\C=C\c1cc(CN(C)Cc2cc(OC)c(OC)c(OC)c2)ccc1N.CC.CC. The van der Waals surface area contributed by atoms with Crippen LogP contribution in [0.5, 0.6) is 17.2 Å². The smallest absolute Gasteiger partial charge is 0.203 e. The van der Waals surface area contributed by atoms with E-state index in [-0.39, 0.29) is 5.82 Å². The van der Waals surface area contributed by atoms with Crippen molar-refractivity contribution in [3.8, 4) is 17.2 Å². The molecule has 0 fully saturated rings. The van der Waals surface area contributed by atoms with Crippen LogP contribution < -0.4 is 31.0 Å². The number of anilines is 1. The van der Waals surface area contributed by atoms with Gasteiger partial charge in [0, 0.05) is 18.8 Å². The predicted octanol–water partition coefficient (Wildman–Crippen LogP) is 5.73. The Hall–Kier alpha value is -4.24. The van der Waals surface area contributed by atoms with Crippen LogP contribution in [0.15, 0.2) is 70.6 Å². The minimum absolute atomic E-state index is 0.202. The maximum Gasteiger partial charge on any atom is 0.203 e. The van der Waals surface area contributed by atoms with Crippen molar-refractivity contribution in [3.63, 3.8) is 0 Å². The summed E-state index contributed by atoms with van der Waals surface area (Å²) in [6, 6.07) is 9.95. The van der Waals surface area contributed by atoms with Gasteiger partial charge in [-0.2, -0.15) is 0 Å². The van der Waals surface area contributed by atoms with E-state index < -0.39 is 0 Å². The first kappa shape index (κ1) is 33.8. The number of methoxy groups -OCH3 is 3. The molecular weight excluding hydrogens is 504 g/mol. The number of rotatable bonds is 10. The number of benzene rings is 2. The van der Waals surface area contributed by atoms with E-state index in [0.717, 1.165) is 34.8 Å². The van der Waals surface area contributed by atoms with Crippen molar-refractivity contribution in [1.29, 1.82) is 0 Å². The van der Waals surface area contributed by atoms with Crippen molar-refractivity contribution in [2.24, 2.45) is 15.7 Å². The number of nitrogens with zero attached hydrogens (tertiary/aromatic N) is 3. The molecule has 0 aromatic heterocycles. The van der Waals surface area contributed by atoms with Crippen LogP contribution in [0.3, 0.4) is 0 Å². The van der Waals surface area contributed by atoms with Crippen LogP contribution in [0.1, 0.15) is 51.3 Å². The molecule has 0 spiro atoms. The van der Waals surface area contributed by atoms with Crippen molar-refractivity contribution >= 4 is 23.4 Å². The number of ether oxygens (including phenoxy) is 3. The summed E-state index contributed by atoms with van der Waals surface area (Å²) < 4.78 is 16.4. The Morgan fingerprint density at radius 1 is 1.00 bits per heavy atom. The fourth-order valence-electron chi connectivity index (χ4n) is 3.86. The maximum absolute atomic E-state index is 6.23. The van der Waals surface area contributed by atoms with Gasteiger partial charge in [-0.1, -0.05) is 52.5 Å². The third-order valence-electron chi connectivity index (χ3n) is 5.40. The lowest BCUT2D eigenvalue weighted by molar-refractivity contribution is 0.309. The molecule has 0 unspecified atom stereocenters. The molecule has 1 aliphatic heterocycles. The van der Waals surface area contributed by atoms with Gasteiger partial charge in [0.1, 0.15) is 11.7 Å². The molecule has 9 heteroatoms. The van der Waals surface area contributed by atoms with Gasteiger partial charge in [-0.15, -0.1) is 0 Å². The fourth-order valence-corrected chi connectivity index (χ4v) is 3.86. The van der Waals surface area contributed by atoms with E-state index in [1.807, 2.05) is 77.1 Å². The van der Waals surface area contributed by atoms with Crippen LogP contribution in [0.2, 0.25) is 0 Å². The van der Waals surface area contributed by atoms with Crippen molar-refractivity contribution in [2.75, 3.05) is 34.1 Å². The standard InChI is InChI=1S/C27H34N6O3.2C2H6/c1-17(28)30-27-23(31-18(2)32-27)9-7-8-21-12-19(10-11-22(21)29)15-33(3)16-20-13-24(34-4)26(36-6)25(14-20)35-5;2*1-2/h7-14H,1,15-16,28-29H2,2-6H3,(H,30,31,32);2*1-2H3/b8-7+,23-9-;;. The molecule has 1 heterocycles. The quantitative estimate of drug-likeness (QED) is 0.323. The van der Waals surface area contributed by atoms with Crippen LogP contribution in [-0.2, 0) is 13.1 Å². The lowest BCUT2D eigenvalue weighted by atomic mass is 10.1. The van der Waals surface area contributed by atoms with Gasteiger partial charge in [0.2, 0.25) is 5.75 Å². The first-order valence-electron chi connectivity index (χ1n) is 13.3. The van der Waals surface area contributed by atoms with E-state index in [4.69, 9.17) is 25.7 Å². The summed E-state index contributed by atoms with van der Waals surface area (Å²) in [6.45, 7) is 14.9. The molecule has 0 saturated carbocycles. The molecule has 1 aliphatic rings. The molecule has 2 aromatic carbocycles. The Morgan fingerprint density at radius 2 is 1.60 bits per heavy atom. The summed E-state index contributed by atoms with van der Waals surface area (Å²) in [6.07, 6.45) is 5.74. The van der Waals surface area contributed by atoms with Gasteiger partial charge < -0.3 is 31.0 Å². The van der Waals surface area contributed by atoms with Gasteiger partial charge in [-0.3, -0.25) is 4.90 Å². The number of aliphatic imine (C=N–C) groups is 2. The monoisotopic (exact) mass is 550 g/mol. The topological polar surface area (TPSA) is 120 Å². The Balaban J connectivity index is 0.00000191. The molecule has 9 nitrogen and oxygen atoms in total. The molecule has 2 aromatic rings. The van der Waals surface area contributed by atoms with Crippen molar-refractivity contribution in [3.05, 3.63) is 77.3 Å². The molecule has 0 saturated heterocycles. The van der Waals surface area contributed by atoms with Gasteiger partial charge in [0.05, 0.1) is 27.0 Å². The van der Waals surface area contributed by atoms with Crippen LogP contribution in [-0.4, -0.2) is 44.9 Å². The van der Waals surface area contributed by atoms with Crippen molar-refractivity contribution in [1.82, 2.24) is 10.2 Å². The van der Waals surface area contributed by atoms with E-state index in [0.29, 0.717) is 35.3 Å². The number of nitrogens with two attached hydrogens (primary N) is 2. The summed E-state index contributed by atoms with van der Waals surface area (Å²) >= 11 is 0. The molecule has 0 aliphatic carbocycles. The molecule has 0 atom stereocenters. The molecule has 0 bridgehead atoms. The van der Waals surface area contributed by atoms with Gasteiger partial charge >= 0.3 is 0 Å². The third kappa shape index (κ3) is 9.81. The first-order valence-corrected chi connectivity index (χ1v) is 13.3. The molecule has 0 radical (unpaired) electrons. The number of hydrogen-bond donors (Lipinski definition) is 3. The van der Waals surface area contributed by atoms with Gasteiger partial charge in [0.15, 0.2) is 17.3 Å². The maximum atomic E-state index is 6.23. The normalized spacial score (nSPS) is 14.2. The number of nitrogens with one attached hydrogen (secondary N) is 1. The number of amidine groups is 2. The summed E-state index contributed by atoms with van der Waals surface area (Å²) in [5.74, 6) is 3.29. The highest BCUT2D eigenvalue weighted by molar-refractivity contribution is 6.13. The van der Waals surface area contributed by atoms with E-state index in [9.17, 15) is 0 Å². The highest BCUT2D eigenvalue weighted by Crippen LogP contribution is 2.38. The van der Waals surface area contributed by atoms with E-state index in [1.165, 1.54) is 0 Å². The van der Waals surface area contributed by atoms with Crippen molar-refractivity contribution in [2.45, 2.75) is 47.7 Å². The van der Waals surface area contributed by atoms with E-state index in [2.05, 4.69) is 39.9 Å². The lowest BCUT2D eigenvalue weighted by Crippen LogP contribution is -2.17. The van der Waals surface area contributed by atoms with E-state index >= 15 is 0 Å². The minimum Gasteiger partial charge on any atom is -0.493 e. The average molecular weight is 551 g/mol. The van der Waals surface area contributed by atoms with Crippen LogP contribution in [0.4, 0.5) is 5.69 Å². The molecule has 5 N–H and O–H groups in total. The Bertz CT molecular complexity index is 1220. The zero-order valence-electron chi connectivity index (χ0n) is 25.5. The largest absolute Gasteiger partial charge is 0.493 e. The molecule has 3 rings (SSSR count). The Kier molecular flexibility index (Phi) is 14.7. The summed E-state index contributed by atoms with van der Waals surface area (Å²) in [5, 5.41) is 3.16. The zero-order valence-corrected chi connectivity index (χ0v) is 25.5. The number of allylic oxidation sites excluding steroid dienone is 2. The molecule has 40 heavy (non-hydrogen) atoms. The molecular formula is C31H46N6O3. The Labute approximate surface area is 239 Å². The van der Waals surface area contributed by atoms with Crippen molar-refractivity contribution < 1.29 is 14.2 Å². The van der Waals surface area contributed by atoms with Crippen LogP contribution in [0, 0.1) is 0 Å². The summed E-state index contributed by atoms with van der Waals surface area (Å²) in [4.78, 5) is 10.7. The summed E-state index contributed by atoms with van der Waals surface area (Å²) in [5.41, 5.74) is 16.4. The second-order valence-corrected chi connectivity index (χ2v) is 8.36. The third-order valence-corrected chi connectivity index (χ3v) is 5.40. The van der Waals surface area contributed by atoms with E-state index in [1.54, 1.807) is 21.3 Å². The molecule has 218 valence electrons. The van der Waals surface area contributed by atoms with Gasteiger partial charge in [-0.25, -0.2) is 9.98 Å². The second kappa shape index (κ2) is 17.4.